The molecular weight excluding hydrogens is 520 g/mol. The smallest absolute Gasteiger partial charge is 0.308 e. The lowest BCUT2D eigenvalue weighted by molar-refractivity contribution is -0.221. The summed E-state index contributed by atoms with van der Waals surface area (Å²) in [6.45, 7) is 7.85. The molecule has 2 aliphatic heterocycles. The van der Waals surface area contributed by atoms with E-state index < -0.39 is 23.1 Å². The highest BCUT2D eigenvalue weighted by molar-refractivity contribution is 5.77. The Morgan fingerprint density at radius 3 is 2.56 bits per heavy atom. The summed E-state index contributed by atoms with van der Waals surface area (Å²) in [6, 6.07) is 9.95. The van der Waals surface area contributed by atoms with Crippen molar-refractivity contribution < 1.29 is 28.6 Å². The highest BCUT2D eigenvalue weighted by Crippen LogP contribution is 2.67. The number of hydrogen-bond acceptors (Lipinski definition) is 7. The van der Waals surface area contributed by atoms with Gasteiger partial charge in [-0.05, 0) is 87.9 Å². The highest BCUT2D eigenvalue weighted by atomic mass is 16.6. The topological polar surface area (TPSA) is 85.4 Å². The molecular formula is C33H40N2O6. The number of amides is 1. The highest BCUT2D eigenvalue weighted by Gasteiger charge is 2.75. The van der Waals surface area contributed by atoms with Crippen LogP contribution in [0.5, 0.6) is 11.5 Å². The van der Waals surface area contributed by atoms with Gasteiger partial charge in [-0.3, -0.25) is 19.3 Å². The summed E-state index contributed by atoms with van der Waals surface area (Å²) in [7, 11) is 3.97. The van der Waals surface area contributed by atoms with Crippen molar-refractivity contribution in [3.05, 3.63) is 58.1 Å². The summed E-state index contributed by atoms with van der Waals surface area (Å²) in [6.07, 6.45) is 3.31. The number of aryl methyl sites for hydroxylation is 3. The van der Waals surface area contributed by atoms with E-state index in [-0.39, 0.29) is 24.0 Å². The number of hydrogen-bond donors (Lipinski definition) is 0. The van der Waals surface area contributed by atoms with Crippen LogP contribution >= 0.6 is 0 Å². The van der Waals surface area contributed by atoms with Crippen molar-refractivity contribution in [1.29, 1.82) is 0 Å². The molecule has 6 rings (SSSR count). The van der Waals surface area contributed by atoms with Crippen molar-refractivity contribution in [1.82, 2.24) is 9.80 Å². The number of piperidine rings is 1. The van der Waals surface area contributed by atoms with E-state index in [4.69, 9.17) is 14.2 Å². The predicted octanol–water partition coefficient (Wildman–Crippen LogP) is 4.04. The molecule has 2 heterocycles. The lowest BCUT2D eigenvalue weighted by Gasteiger charge is -2.65. The normalized spacial score (nSPS) is 29.3. The van der Waals surface area contributed by atoms with Gasteiger partial charge in [-0.2, -0.15) is 0 Å². The van der Waals surface area contributed by atoms with Gasteiger partial charge in [-0.15, -0.1) is 0 Å². The molecule has 1 spiro atoms. The molecule has 0 N–H and O–H groups in total. The molecule has 2 aromatic rings. The lowest BCUT2D eigenvalue weighted by atomic mass is 9.48. The van der Waals surface area contributed by atoms with E-state index in [1.807, 2.05) is 24.1 Å². The van der Waals surface area contributed by atoms with Gasteiger partial charge in [0.15, 0.2) is 11.5 Å². The third kappa shape index (κ3) is 4.09. The van der Waals surface area contributed by atoms with Crippen LogP contribution in [0.25, 0.3) is 0 Å². The molecule has 8 nitrogen and oxygen atoms in total. The number of ether oxygens (including phenoxy) is 3. The number of likely N-dealkylation sites (N-methyl/N-ethyl adjacent to an activating group) is 2. The number of nitrogens with zero attached hydrogens (tertiary/aromatic N) is 2. The van der Waals surface area contributed by atoms with Crippen molar-refractivity contribution in [3.8, 4) is 11.5 Å². The molecule has 2 bridgehead atoms. The minimum absolute atomic E-state index is 0.0176. The maximum atomic E-state index is 13.7. The van der Waals surface area contributed by atoms with E-state index in [0.29, 0.717) is 50.0 Å². The van der Waals surface area contributed by atoms with Gasteiger partial charge < -0.3 is 19.1 Å². The molecule has 1 amide bonds. The summed E-state index contributed by atoms with van der Waals surface area (Å²) in [5.41, 5.74) is 4.28. The average Bonchev–Trinajstić information content (AvgIpc) is 3.27. The quantitative estimate of drug-likeness (QED) is 0.389. The molecule has 4 aliphatic rings. The van der Waals surface area contributed by atoms with Gasteiger partial charge in [0.2, 0.25) is 5.91 Å². The van der Waals surface area contributed by atoms with Crippen molar-refractivity contribution in [2.75, 3.05) is 20.6 Å². The van der Waals surface area contributed by atoms with Crippen molar-refractivity contribution >= 4 is 17.8 Å². The first-order valence-electron chi connectivity index (χ1n) is 14.7. The lowest BCUT2D eigenvalue weighted by Crippen LogP contribution is -2.78. The van der Waals surface area contributed by atoms with Crippen LogP contribution in [0.15, 0.2) is 30.3 Å². The van der Waals surface area contributed by atoms with Crippen molar-refractivity contribution in [2.45, 2.75) is 95.4 Å². The fourth-order valence-corrected chi connectivity index (χ4v) is 8.35. The van der Waals surface area contributed by atoms with E-state index in [1.54, 1.807) is 0 Å². The maximum Gasteiger partial charge on any atom is 0.308 e. The molecule has 0 radical (unpaired) electrons. The number of likely N-dealkylation sites (tertiary alicyclic amines) is 1. The molecule has 218 valence electrons. The van der Waals surface area contributed by atoms with Gasteiger partial charge in [0.1, 0.15) is 11.7 Å². The Hall–Kier alpha value is -3.39. The number of carbonyl (C=O) groups excluding carboxylic acids is 3. The van der Waals surface area contributed by atoms with Crippen LogP contribution in [0.4, 0.5) is 0 Å². The Balaban J connectivity index is 1.39. The van der Waals surface area contributed by atoms with Crippen molar-refractivity contribution in [3.63, 3.8) is 0 Å². The SMILES string of the molecule is CC(=O)Oc1ccc2c3c1OC1C(N(C)C(=O)CCc4ccc(C)c(C)c4)CC[C@@]4(OC(C)=O)[C@@H](C2)N(C)CC[C@]314. The van der Waals surface area contributed by atoms with Gasteiger partial charge in [0.05, 0.1) is 17.5 Å². The summed E-state index contributed by atoms with van der Waals surface area (Å²) in [5.74, 6) is 0.273. The van der Waals surface area contributed by atoms with Crippen LogP contribution in [-0.4, -0.2) is 72.1 Å². The zero-order chi connectivity index (χ0) is 29.3. The van der Waals surface area contributed by atoms with Crippen LogP contribution in [0, 0.1) is 13.8 Å². The van der Waals surface area contributed by atoms with E-state index in [1.165, 1.54) is 25.0 Å². The second-order valence-electron chi connectivity index (χ2n) is 12.5. The largest absolute Gasteiger partial charge is 0.483 e. The van der Waals surface area contributed by atoms with Crippen LogP contribution in [-0.2, 0) is 37.4 Å². The zero-order valence-corrected chi connectivity index (χ0v) is 24.9. The van der Waals surface area contributed by atoms with E-state index in [2.05, 4.69) is 44.0 Å². The van der Waals surface area contributed by atoms with Gasteiger partial charge in [0, 0.05) is 32.9 Å². The van der Waals surface area contributed by atoms with Crippen LogP contribution < -0.4 is 9.47 Å². The van der Waals surface area contributed by atoms with E-state index in [9.17, 15) is 14.4 Å². The zero-order valence-electron chi connectivity index (χ0n) is 24.9. The Bertz CT molecular complexity index is 1440. The minimum atomic E-state index is -0.802. The Morgan fingerprint density at radius 2 is 1.85 bits per heavy atom. The molecule has 2 aromatic carbocycles. The summed E-state index contributed by atoms with van der Waals surface area (Å²) < 4.78 is 18.9. The first-order valence-corrected chi connectivity index (χ1v) is 14.7. The third-order valence-corrected chi connectivity index (χ3v) is 10.3. The molecule has 2 fully saturated rings. The Kier molecular flexibility index (Phi) is 6.68. The Labute approximate surface area is 241 Å². The fourth-order valence-electron chi connectivity index (χ4n) is 8.35. The minimum Gasteiger partial charge on any atom is -0.483 e. The molecule has 8 heteroatoms. The summed E-state index contributed by atoms with van der Waals surface area (Å²) in [4.78, 5) is 42.6. The van der Waals surface area contributed by atoms with E-state index in [0.717, 1.165) is 23.2 Å². The molecule has 2 aliphatic carbocycles. The maximum absolute atomic E-state index is 13.7. The third-order valence-electron chi connectivity index (χ3n) is 10.3. The first kappa shape index (κ1) is 27.8. The van der Waals surface area contributed by atoms with Crippen LogP contribution in [0.2, 0.25) is 0 Å². The molecule has 0 aromatic heterocycles. The van der Waals surface area contributed by atoms with Gasteiger partial charge in [0.25, 0.3) is 0 Å². The molecule has 2 unspecified atom stereocenters. The molecule has 1 saturated carbocycles. The Morgan fingerprint density at radius 1 is 1.07 bits per heavy atom. The molecule has 1 saturated heterocycles. The van der Waals surface area contributed by atoms with E-state index >= 15 is 0 Å². The number of benzene rings is 2. The second kappa shape index (κ2) is 9.86. The number of carbonyl (C=O) groups is 3. The first-order chi connectivity index (χ1) is 19.5. The molecule has 41 heavy (non-hydrogen) atoms. The standard InChI is InChI=1S/C33H40N2O6/c1-19-7-8-23(17-20(19)2)9-12-28(38)35(6)25-13-14-33(41-22(4)37)27-18-24-10-11-26(39-21(3)36)30-29(24)32(33,31(25)40-30)15-16-34(27)5/h7-8,10-11,17,25,27,31H,9,12-16,18H2,1-6H3/t25?,27-,31?,32+,33-/m1/s1. The van der Waals surface area contributed by atoms with Crippen molar-refractivity contribution in [2.24, 2.45) is 0 Å². The summed E-state index contributed by atoms with van der Waals surface area (Å²) in [5, 5.41) is 0. The van der Waals surface area contributed by atoms with Gasteiger partial charge >= 0.3 is 11.9 Å². The monoisotopic (exact) mass is 560 g/mol. The fraction of sp³-hybridized carbons (Fsp3) is 0.545. The van der Waals surface area contributed by atoms with Crippen LogP contribution in [0.3, 0.4) is 0 Å². The average molecular weight is 561 g/mol. The predicted molar refractivity (Wildman–Crippen MR) is 153 cm³/mol. The number of rotatable bonds is 6. The van der Waals surface area contributed by atoms with Crippen LogP contribution in [0.1, 0.15) is 67.3 Å². The molecule has 5 atom stereocenters. The second-order valence-corrected chi connectivity index (χ2v) is 12.5. The number of esters is 2. The van der Waals surface area contributed by atoms with Gasteiger partial charge in [-0.25, -0.2) is 0 Å². The summed E-state index contributed by atoms with van der Waals surface area (Å²) >= 11 is 0. The van der Waals surface area contributed by atoms with Gasteiger partial charge in [-0.1, -0.05) is 24.3 Å².